The van der Waals surface area contributed by atoms with Gasteiger partial charge in [0, 0.05) is 24.5 Å². The Morgan fingerprint density at radius 2 is 2.16 bits per heavy atom. The molecule has 100 valence electrons. The fraction of sp³-hybridized carbons (Fsp3) is 0.500. The Balaban J connectivity index is 1.76. The fourth-order valence-electron chi connectivity index (χ4n) is 2.63. The molecule has 0 spiro atoms. The first kappa shape index (κ1) is 12.1. The van der Waals surface area contributed by atoms with E-state index in [1.165, 1.54) is 19.3 Å². The van der Waals surface area contributed by atoms with Gasteiger partial charge in [0.05, 0.1) is 11.3 Å². The van der Waals surface area contributed by atoms with Crippen molar-refractivity contribution in [2.75, 3.05) is 0 Å². The number of rotatable bonds is 2. The molecule has 2 aromatic heterocycles. The number of hydrogen-bond acceptors (Lipinski definition) is 3. The van der Waals surface area contributed by atoms with Crippen molar-refractivity contribution in [1.29, 1.82) is 0 Å². The minimum absolute atomic E-state index is 0.0468. The van der Waals surface area contributed by atoms with Gasteiger partial charge in [0.2, 0.25) is 0 Å². The molecule has 0 aromatic carbocycles. The Morgan fingerprint density at radius 1 is 1.37 bits per heavy atom. The van der Waals surface area contributed by atoms with E-state index >= 15 is 0 Å². The predicted molar refractivity (Wildman–Crippen MR) is 72.1 cm³/mol. The van der Waals surface area contributed by atoms with Crippen LogP contribution in [-0.4, -0.2) is 26.5 Å². The molecule has 5 nitrogen and oxygen atoms in total. The molecular formula is C14H18N4O. The fourth-order valence-corrected chi connectivity index (χ4v) is 2.63. The van der Waals surface area contributed by atoms with E-state index < -0.39 is 0 Å². The Kier molecular flexibility index (Phi) is 3.19. The molecule has 0 radical (unpaired) electrons. The van der Waals surface area contributed by atoms with E-state index in [2.05, 4.69) is 15.4 Å². The summed E-state index contributed by atoms with van der Waals surface area (Å²) >= 11 is 0. The van der Waals surface area contributed by atoms with Crippen LogP contribution in [0.25, 0.3) is 5.65 Å². The number of aromatic nitrogens is 3. The molecule has 1 N–H and O–H groups in total. The molecule has 1 saturated carbocycles. The van der Waals surface area contributed by atoms with Gasteiger partial charge in [-0.05, 0) is 19.8 Å². The zero-order chi connectivity index (χ0) is 13.2. The molecule has 0 bridgehead atoms. The lowest BCUT2D eigenvalue weighted by atomic mass is 9.95. The number of amides is 1. The third-order valence-electron chi connectivity index (χ3n) is 3.64. The van der Waals surface area contributed by atoms with E-state index in [0.717, 1.165) is 24.2 Å². The molecule has 0 aliphatic heterocycles. The van der Waals surface area contributed by atoms with E-state index in [0.29, 0.717) is 11.6 Å². The number of hydrogen-bond donors (Lipinski definition) is 1. The number of nitrogens with zero attached hydrogens (tertiary/aromatic N) is 3. The lowest BCUT2D eigenvalue weighted by Crippen LogP contribution is -2.36. The quantitative estimate of drug-likeness (QED) is 0.897. The van der Waals surface area contributed by atoms with Crippen LogP contribution < -0.4 is 5.32 Å². The van der Waals surface area contributed by atoms with Crippen LogP contribution in [-0.2, 0) is 0 Å². The predicted octanol–water partition coefficient (Wildman–Crippen LogP) is 2.10. The van der Waals surface area contributed by atoms with Gasteiger partial charge in [-0.25, -0.2) is 9.50 Å². The van der Waals surface area contributed by atoms with Gasteiger partial charge in [-0.3, -0.25) is 4.79 Å². The summed E-state index contributed by atoms with van der Waals surface area (Å²) in [5.74, 6) is -0.0468. The van der Waals surface area contributed by atoms with Crippen LogP contribution in [0.2, 0.25) is 0 Å². The summed E-state index contributed by atoms with van der Waals surface area (Å²) in [4.78, 5) is 16.4. The van der Waals surface area contributed by atoms with E-state index in [-0.39, 0.29) is 5.91 Å². The summed E-state index contributed by atoms with van der Waals surface area (Å²) in [6.45, 7) is 1.91. The molecule has 1 amide bonds. The number of fused-ring (bicyclic) bond motifs is 1. The average Bonchev–Trinajstić information content (AvgIpc) is 2.78. The highest BCUT2D eigenvalue weighted by atomic mass is 16.1. The summed E-state index contributed by atoms with van der Waals surface area (Å²) in [7, 11) is 0. The van der Waals surface area contributed by atoms with Crippen molar-refractivity contribution in [2.24, 2.45) is 0 Å². The number of aryl methyl sites for hydroxylation is 1. The Labute approximate surface area is 112 Å². The maximum Gasteiger partial charge on any atom is 0.254 e. The topological polar surface area (TPSA) is 59.3 Å². The highest BCUT2D eigenvalue weighted by molar-refractivity contribution is 5.94. The van der Waals surface area contributed by atoms with Crippen molar-refractivity contribution in [2.45, 2.75) is 45.1 Å². The second-order valence-electron chi connectivity index (χ2n) is 5.24. The third-order valence-corrected chi connectivity index (χ3v) is 3.64. The number of carbonyl (C=O) groups is 1. The van der Waals surface area contributed by atoms with Crippen LogP contribution in [0.3, 0.4) is 0 Å². The first-order valence-electron chi connectivity index (χ1n) is 6.85. The average molecular weight is 258 g/mol. The Bertz CT molecular complexity index is 599. The van der Waals surface area contributed by atoms with Crippen molar-refractivity contribution in [3.05, 3.63) is 29.7 Å². The molecule has 0 atom stereocenters. The van der Waals surface area contributed by atoms with Crippen molar-refractivity contribution < 1.29 is 4.79 Å². The van der Waals surface area contributed by atoms with Gasteiger partial charge in [0.15, 0.2) is 5.65 Å². The van der Waals surface area contributed by atoms with Gasteiger partial charge in [-0.1, -0.05) is 19.3 Å². The molecule has 2 aromatic rings. The molecule has 2 heterocycles. The highest BCUT2D eigenvalue weighted by Crippen LogP contribution is 2.17. The second-order valence-corrected chi connectivity index (χ2v) is 5.24. The first-order chi connectivity index (χ1) is 9.22. The standard InChI is InChI=1S/C14H18N4O/c1-10-7-13-15-8-11(9-18(13)17-10)14(19)16-12-5-3-2-4-6-12/h7-9,12H,2-6H2,1H3,(H,16,19). The largest absolute Gasteiger partial charge is 0.349 e. The minimum Gasteiger partial charge on any atom is -0.349 e. The molecule has 1 aliphatic rings. The Morgan fingerprint density at radius 3 is 2.95 bits per heavy atom. The SMILES string of the molecule is Cc1cc2ncc(C(=O)NC3CCCCC3)cn2n1. The molecule has 1 fully saturated rings. The summed E-state index contributed by atoms with van der Waals surface area (Å²) in [5, 5.41) is 7.36. The summed E-state index contributed by atoms with van der Waals surface area (Å²) < 4.78 is 1.66. The molecular weight excluding hydrogens is 240 g/mol. The summed E-state index contributed by atoms with van der Waals surface area (Å²) in [5.41, 5.74) is 2.24. The van der Waals surface area contributed by atoms with Gasteiger partial charge in [0.1, 0.15) is 0 Å². The lowest BCUT2D eigenvalue weighted by molar-refractivity contribution is 0.0927. The van der Waals surface area contributed by atoms with Crippen LogP contribution in [0.15, 0.2) is 18.5 Å². The third kappa shape index (κ3) is 2.59. The molecule has 19 heavy (non-hydrogen) atoms. The Hall–Kier alpha value is -1.91. The summed E-state index contributed by atoms with van der Waals surface area (Å²) in [6, 6.07) is 2.21. The molecule has 0 saturated heterocycles. The smallest absolute Gasteiger partial charge is 0.254 e. The number of carbonyl (C=O) groups excluding carboxylic acids is 1. The first-order valence-corrected chi connectivity index (χ1v) is 6.85. The highest BCUT2D eigenvalue weighted by Gasteiger charge is 2.17. The molecule has 3 rings (SSSR count). The van der Waals surface area contributed by atoms with Gasteiger partial charge >= 0.3 is 0 Å². The van der Waals surface area contributed by atoms with Crippen LogP contribution >= 0.6 is 0 Å². The van der Waals surface area contributed by atoms with Crippen LogP contribution in [0.5, 0.6) is 0 Å². The van der Waals surface area contributed by atoms with Crippen LogP contribution in [0, 0.1) is 6.92 Å². The maximum atomic E-state index is 12.2. The lowest BCUT2D eigenvalue weighted by Gasteiger charge is -2.22. The monoisotopic (exact) mass is 258 g/mol. The second kappa shape index (κ2) is 4.99. The molecule has 5 heteroatoms. The molecule has 1 aliphatic carbocycles. The van der Waals surface area contributed by atoms with Gasteiger partial charge in [-0.15, -0.1) is 0 Å². The van der Waals surface area contributed by atoms with Crippen molar-refractivity contribution in [3.63, 3.8) is 0 Å². The van der Waals surface area contributed by atoms with Crippen molar-refractivity contribution in [3.8, 4) is 0 Å². The van der Waals surface area contributed by atoms with Gasteiger partial charge in [0.25, 0.3) is 5.91 Å². The van der Waals surface area contributed by atoms with Crippen molar-refractivity contribution in [1.82, 2.24) is 19.9 Å². The van der Waals surface area contributed by atoms with Gasteiger partial charge in [-0.2, -0.15) is 5.10 Å². The minimum atomic E-state index is -0.0468. The van der Waals surface area contributed by atoms with E-state index in [4.69, 9.17) is 0 Å². The summed E-state index contributed by atoms with van der Waals surface area (Å²) in [6.07, 6.45) is 9.24. The zero-order valence-corrected chi connectivity index (χ0v) is 11.1. The normalized spacial score (nSPS) is 16.7. The number of nitrogens with one attached hydrogen (secondary N) is 1. The van der Waals surface area contributed by atoms with Crippen LogP contribution in [0.4, 0.5) is 0 Å². The van der Waals surface area contributed by atoms with Gasteiger partial charge < -0.3 is 5.32 Å². The molecule has 0 unspecified atom stereocenters. The van der Waals surface area contributed by atoms with Crippen molar-refractivity contribution >= 4 is 11.6 Å². The van der Waals surface area contributed by atoms with Crippen LogP contribution in [0.1, 0.15) is 48.2 Å². The van der Waals surface area contributed by atoms with E-state index in [1.54, 1.807) is 16.9 Å². The van der Waals surface area contributed by atoms with E-state index in [9.17, 15) is 4.79 Å². The van der Waals surface area contributed by atoms with E-state index in [1.807, 2.05) is 13.0 Å². The zero-order valence-electron chi connectivity index (χ0n) is 11.1. The maximum absolute atomic E-state index is 12.2.